The van der Waals surface area contributed by atoms with E-state index in [4.69, 9.17) is 19.1 Å². The Balaban J connectivity index is 1.78. The summed E-state index contributed by atoms with van der Waals surface area (Å²) in [4.78, 5) is 16.3. The molecular weight excluding hydrogens is 464 g/mol. The van der Waals surface area contributed by atoms with Crippen LogP contribution < -0.4 is 0 Å². The first kappa shape index (κ1) is 29.1. The van der Waals surface area contributed by atoms with E-state index in [-0.39, 0.29) is 16.7 Å². The van der Waals surface area contributed by atoms with E-state index in [1.807, 2.05) is 13.8 Å². The fraction of sp³-hybridized carbons (Fsp3) is 0.821. The van der Waals surface area contributed by atoms with E-state index in [0.29, 0.717) is 18.1 Å². The lowest BCUT2D eigenvalue weighted by Crippen LogP contribution is -2.60. The second kappa shape index (κ2) is 10.7. The Hall–Kier alpha value is -1.45. The number of hydrogen-bond donors (Lipinski definition) is 3. The van der Waals surface area contributed by atoms with Crippen molar-refractivity contribution in [3.8, 4) is 0 Å². The number of rotatable bonds is 8. The van der Waals surface area contributed by atoms with Gasteiger partial charge in [-0.15, -0.1) is 6.58 Å². The highest BCUT2D eigenvalue weighted by Crippen LogP contribution is 2.62. The number of allylic oxidation sites excluding steroid dienone is 2. The Morgan fingerprint density at radius 2 is 1.92 bits per heavy atom. The summed E-state index contributed by atoms with van der Waals surface area (Å²) in [5, 5.41) is 30.9. The molecular formula is C28H46O8. The quantitative estimate of drug-likeness (QED) is 0.186. The van der Waals surface area contributed by atoms with Crippen molar-refractivity contribution in [2.24, 2.45) is 22.7 Å². The van der Waals surface area contributed by atoms with Crippen LogP contribution in [0.5, 0.6) is 0 Å². The van der Waals surface area contributed by atoms with E-state index in [0.717, 1.165) is 37.7 Å². The lowest BCUT2D eigenvalue weighted by Gasteiger charge is -2.57. The number of aliphatic hydroxyl groups excluding tert-OH is 2. The molecule has 3 N–H and O–H groups in total. The predicted molar refractivity (Wildman–Crippen MR) is 135 cm³/mol. The van der Waals surface area contributed by atoms with Crippen LogP contribution in [0, 0.1) is 22.7 Å². The van der Waals surface area contributed by atoms with Crippen LogP contribution in [-0.4, -0.2) is 57.7 Å². The van der Waals surface area contributed by atoms with Crippen molar-refractivity contribution in [3.63, 3.8) is 0 Å². The number of aliphatic hydroxyl groups is 2. The minimum atomic E-state index is -1.39. The number of carbonyl (C=O) groups is 1. The predicted octanol–water partition coefficient (Wildman–Crippen LogP) is 4.74. The highest BCUT2D eigenvalue weighted by molar-refractivity contribution is 5.66. The van der Waals surface area contributed by atoms with Crippen molar-refractivity contribution in [1.82, 2.24) is 0 Å². The molecule has 3 rings (SSSR count). The van der Waals surface area contributed by atoms with E-state index in [1.165, 1.54) is 6.92 Å². The van der Waals surface area contributed by atoms with Crippen LogP contribution in [0.4, 0.5) is 0 Å². The van der Waals surface area contributed by atoms with Crippen LogP contribution >= 0.6 is 0 Å². The monoisotopic (exact) mass is 510 g/mol. The van der Waals surface area contributed by atoms with Gasteiger partial charge in [-0.3, -0.25) is 4.79 Å². The van der Waals surface area contributed by atoms with Crippen molar-refractivity contribution >= 4 is 5.97 Å². The fourth-order valence-corrected chi connectivity index (χ4v) is 7.15. The van der Waals surface area contributed by atoms with Gasteiger partial charge in [-0.25, -0.2) is 5.26 Å². The third kappa shape index (κ3) is 5.53. The molecule has 2 aliphatic carbocycles. The van der Waals surface area contributed by atoms with Crippen LogP contribution in [-0.2, 0) is 23.9 Å². The molecule has 9 atom stereocenters. The van der Waals surface area contributed by atoms with Crippen molar-refractivity contribution in [1.29, 1.82) is 0 Å². The molecule has 1 saturated heterocycles. The van der Waals surface area contributed by atoms with Gasteiger partial charge in [0.15, 0.2) is 12.4 Å². The van der Waals surface area contributed by atoms with E-state index in [9.17, 15) is 20.3 Å². The zero-order valence-corrected chi connectivity index (χ0v) is 23.0. The first-order chi connectivity index (χ1) is 16.7. The van der Waals surface area contributed by atoms with Crippen LogP contribution in [0.15, 0.2) is 24.0 Å². The lowest BCUT2D eigenvalue weighted by atomic mass is 9.48. The van der Waals surface area contributed by atoms with Crippen LogP contribution in [0.2, 0.25) is 0 Å². The Morgan fingerprint density at radius 1 is 1.25 bits per heavy atom. The zero-order chi connectivity index (χ0) is 27.1. The van der Waals surface area contributed by atoms with Gasteiger partial charge < -0.3 is 29.3 Å². The van der Waals surface area contributed by atoms with E-state index in [2.05, 4.69) is 27.4 Å². The molecule has 0 unspecified atom stereocenters. The molecule has 0 aromatic heterocycles. The number of fused-ring (bicyclic) bond motifs is 1. The third-order valence-corrected chi connectivity index (χ3v) is 9.36. The number of ether oxygens (including phenoxy) is 3. The van der Waals surface area contributed by atoms with Crippen LogP contribution in [0.3, 0.4) is 0 Å². The maximum atomic E-state index is 11.4. The fourth-order valence-electron chi connectivity index (χ4n) is 7.15. The summed E-state index contributed by atoms with van der Waals surface area (Å²) in [5.41, 5.74) is 0.410. The molecule has 0 amide bonds. The van der Waals surface area contributed by atoms with E-state index >= 15 is 0 Å². The second-order valence-corrected chi connectivity index (χ2v) is 12.3. The summed E-state index contributed by atoms with van der Waals surface area (Å²) < 4.78 is 17.2. The molecule has 8 nitrogen and oxygen atoms in total. The van der Waals surface area contributed by atoms with Gasteiger partial charge in [0.05, 0.1) is 11.7 Å². The molecule has 3 aliphatic rings. The molecule has 0 aromatic carbocycles. The molecule has 1 heterocycles. The average molecular weight is 511 g/mol. The largest absolute Gasteiger partial charge is 0.457 e. The topological polar surface area (TPSA) is 115 Å². The van der Waals surface area contributed by atoms with Gasteiger partial charge in [0, 0.05) is 13.3 Å². The number of esters is 1. The maximum Gasteiger partial charge on any atom is 0.303 e. The Morgan fingerprint density at radius 3 is 2.50 bits per heavy atom. The molecule has 36 heavy (non-hydrogen) atoms. The van der Waals surface area contributed by atoms with Crippen molar-refractivity contribution in [2.45, 2.75) is 123 Å². The minimum absolute atomic E-state index is 0.0543. The zero-order valence-electron chi connectivity index (χ0n) is 23.0. The van der Waals surface area contributed by atoms with Gasteiger partial charge in [-0.2, -0.15) is 0 Å². The summed E-state index contributed by atoms with van der Waals surface area (Å²) >= 11 is 0. The van der Waals surface area contributed by atoms with Crippen molar-refractivity contribution < 1.29 is 39.4 Å². The van der Waals surface area contributed by atoms with Gasteiger partial charge in [0.25, 0.3) is 0 Å². The minimum Gasteiger partial charge on any atom is -0.457 e. The molecule has 0 bridgehead atoms. The van der Waals surface area contributed by atoms with Crippen LogP contribution in [0.25, 0.3) is 0 Å². The van der Waals surface area contributed by atoms with Gasteiger partial charge >= 0.3 is 5.97 Å². The number of hydrogen-bond acceptors (Lipinski definition) is 8. The Bertz CT molecular complexity index is 852. The molecule has 0 spiro atoms. The molecule has 1 saturated carbocycles. The Labute approximate surface area is 215 Å². The first-order valence-electron chi connectivity index (χ1n) is 13.2. The third-order valence-electron chi connectivity index (χ3n) is 9.36. The average Bonchev–Trinajstić information content (AvgIpc) is 2.79. The Kier molecular flexibility index (Phi) is 8.68. The molecule has 0 aromatic rings. The molecule has 2 fully saturated rings. The van der Waals surface area contributed by atoms with E-state index in [1.54, 1.807) is 13.0 Å². The van der Waals surface area contributed by atoms with Crippen molar-refractivity contribution in [3.05, 3.63) is 24.0 Å². The van der Waals surface area contributed by atoms with E-state index < -0.39 is 42.3 Å². The summed E-state index contributed by atoms with van der Waals surface area (Å²) in [6, 6.07) is 0. The SMILES string of the molecule is C=C[C@@](C)(CC[C@H]1C(C)=C(OO)C[C@H]2C(C)(C)CCC[C@]12C)O[C@@H]1O[C@@H](C)[C@H](OC(C)=O)[C@@H](O)[C@H]1O. The van der Waals surface area contributed by atoms with Gasteiger partial charge in [0.1, 0.15) is 18.0 Å². The maximum absolute atomic E-state index is 11.4. The highest BCUT2D eigenvalue weighted by atomic mass is 17.1. The number of carbonyl (C=O) groups excluding carboxylic acids is 1. The van der Waals surface area contributed by atoms with Crippen molar-refractivity contribution in [2.75, 3.05) is 0 Å². The summed E-state index contributed by atoms with van der Waals surface area (Å²) in [5.74, 6) is 0.661. The van der Waals surface area contributed by atoms with Crippen LogP contribution in [0.1, 0.15) is 87.0 Å². The second-order valence-electron chi connectivity index (χ2n) is 12.3. The summed E-state index contributed by atoms with van der Waals surface area (Å²) in [6.07, 6.45) is 1.73. The normalized spacial score (nSPS) is 40.1. The molecule has 8 heteroatoms. The summed E-state index contributed by atoms with van der Waals surface area (Å²) in [6.45, 7) is 17.8. The summed E-state index contributed by atoms with van der Waals surface area (Å²) in [7, 11) is 0. The molecule has 1 aliphatic heterocycles. The highest BCUT2D eigenvalue weighted by Gasteiger charge is 2.54. The van der Waals surface area contributed by atoms with Gasteiger partial charge in [-0.05, 0) is 74.7 Å². The van der Waals surface area contributed by atoms with Gasteiger partial charge in [0.2, 0.25) is 0 Å². The molecule has 0 radical (unpaired) electrons. The molecule has 206 valence electrons. The standard InChI is InChI=1S/C28H46O8/c1-9-27(7,35-25-23(31)22(30)24(17(3)33-25)34-18(4)29)14-11-19-16(2)20(36-32)15-21-26(5,6)12-10-13-28(19,21)8/h9,17,19,21-25,30-32H,1,10-15H2,2-8H3/t17-,19-,21-,22-,23+,24-,25-,27-,28+/m0/s1. The lowest BCUT2D eigenvalue weighted by molar-refractivity contribution is -0.314. The van der Waals surface area contributed by atoms with Gasteiger partial charge in [-0.1, -0.05) is 33.3 Å². The smallest absolute Gasteiger partial charge is 0.303 e. The first-order valence-corrected chi connectivity index (χ1v) is 13.2.